The van der Waals surface area contributed by atoms with Crippen molar-refractivity contribution in [1.82, 2.24) is 10.2 Å². The quantitative estimate of drug-likeness (QED) is 0.345. The highest BCUT2D eigenvalue weighted by atomic mass is 79.9. The molecule has 0 fully saturated rings. The number of rotatable bonds is 7. The number of hydrogen-bond donors (Lipinski definition) is 2. The SMILES string of the molecule is CCc1ccc(NC(=O)c2ccccc2NCc2nnc(-c3ccc(Br)cc3)o2)cc1. The van der Waals surface area contributed by atoms with Crippen molar-refractivity contribution in [2.24, 2.45) is 0 Å². The second-order valence-corrected chi connectivity index (χ2v) is 7.83. The van der Waals surface area contributed by atoms with Crippen molar-refractivity contribution in [3.8, 4) is 11.5 Å². The number of para-hydroxylation sites is 1. The Labute approximate surface area is 188 Å². The minimum absolute atomic E-state index is 0.187. The number of nitrogens with one attached hydrogen (secondary N) is 2. The van der Waals surface area contributed by atoms with Gasteiger partial charge in [-0.3, -0.25) is 4.79 Å². The number of carbonyl (C=O) groups excluding carboxylic acids is 1. The highest BCUT2D eigenvalue weighted by molar-refractivity contribution is 9.10. The summed E-state index contributed by atoms with van der Waals surface area (Å²) in [5.41, 5.74) is 4.05. The molecule has 0 aliphatic heterocycles. The predicted molar refractivity (Wildman–Crippen MR) is 125 cm³/mol. The summed E-state index contributed by atoms with van der Waals surface area (Å²) in [5, 5.41) is 14.4. The molecule has 6 nitrogen and oxygen atoms in total. The highest BCUT2D eigenvalue weighted by Gasteiger charge is 2.13. The Morgan fingerprint density at radius 3 is 2.45 bits per heavy atom. The number of hydrogen-bond acceptors (Lipinski definition) is 5. The summed E-state index contributed by atoms with van der Waals surface area (Å²) < 4.78 is 6.73. The van der Waals surface area contributed by atoms with Crippen molar-refractivity contribution in [1.29, 1.82) is 0 Å². The van der Waals surface area contributed by atoms with E-state index in [1.165, 1.54) is 5.56 Å². The van der Waals surface area contributed by atoms with E-state index in [9.17, 15) is 4.79 Å². The van der Waals surface area contributed by atoms with Crippen LogP contribution in [0.3, 0.4) is 0 Å². The van der Waals surface area contributed by atoms with Crippen LogP contribution in [0.1, 0.15) is 28.7 Å². The zero-order chi connectivity index (χ0) is 21.6. The molecule has 1 heterocycles. The van der Waals surface area contributed by atoms with E-state index in [0.29, 0.717) is 29.6 Å². The van der Waals surface area contributed by atoms with Gasteiger partial charge in [0.15, 0.2) is 0 Å². The fourth-order valence-electron chi connectivity index (χ4n) is 3.06. The summed E-state index contributed by atoms with van der Waals surface area (Å²) >= 11 is 3.41. The van der Waals surface area contributed by atoms with E-state index in [1.54, 1.807) is 6.07 Å². The van der Waals surface area contributed by atoms with E-state index in [0.717, 1.165) is 22.1 Å². The lowest BCUT2D eigenvalue weighted by Gasteiger charge is -2.11. The third-order valence-corrected chi connectivity index (χ3v) is 5.31. The molecule has 0 unspecified atom stereocenters. The minimum Gasteiger partial charge on any atom is -0.419 e. The highest BCUT2D eigenvalue weighted by Crippen LogP contribution is 2.22. The van der Waals surface area contributed by atoms with Crippen LogP contribution in [-0.4, -0.2) is 16.1 Å². The van der Waals surface area contributed by atoms with Gasteiger partial charge in [0, 0.05) is 21.4 Å². The molecule has 0 saturated carbocycles. The number of benzene rings is 3. The number of anilines is 2. The lowest BCUT2D eigenvalue weighted by Crippen LogP contribution is -2.14. The van der Waals surface area contributed by atoms with Crippen LogP contribution in [0.4, 0.5) is 11.4 Å². The monoisotopic (exact) mass is 476 g/mol. The van der Waals surface area contributed by atoms with Crippen molar-refractivity contribution in [2.75, 3.05) is 10.6 Å². The van der Waals surface area contributed by atoms with E-state index in [2.05, 4.69) is 43.7 Å². The van der Waals surface area contributed by atoms with Crippen molar-refractivity contribution in [2.45, 2.75) is 19.9 Å². The second kappa shape index (κ2) is 9.57. The summed E-state index contributed by atoms with van der Waals surface area (Å²) in [4.78, 5) is 12.8. The number of amides is 1. The molecule has 0 saturated heterocycles. The third kappa shape index (κ3) is 5.19. The van der Waals surface area contributed by atoms with Crippen molar-refractivity contribution < 1.29 is 9.21 Å². The van der Waals surface area contributed by atoms with Gasteiger partial charge in [0.25, 0.3) is 5.91 Å². The standard InChI is InChI=1S/C24H21BrN4O2/c1-2-16-7-13-19(14-8-16)27-23(30)20-5-3-4-6-21(20)26-15-22-28-29-24(31-22)17-9-11-18(25)12-10-17/h3-14,26H,2,15H2,1H3,(H,27,30). The van der Waals surface area contributed by atoms with Gasteiger partial charge in [-0.1, -0.05) is 47.1 Å². The first-order chi connectivity index (χ1) is 15.1. The first-order valence-corrected chi connectivity index (χ1v) is 10.7. The first kappa shape index (κ1) is 20.8. The molecular formula is C24H21BrN4O2. The van der Waals surface area contributed by atoms with Gasteiger partial charge in [-0.05, 0) is 60.5 Å². The van der Waals surface area contributed by atoms with Crippen LogP contribution in [0.15, 0.2) is 81.7 Å². The molecule has 7 heteroatoms. The van der Waals surface area contributed by atoms with Crippen LogP contribution < -0.4 is 10.6 Å². The Kier molecular flexibility index (Phi) is 6.43. The third-order valence-electron chi connectivity index (χ3n) is 4.78. The molecule has 0 aliphatic carbocycles. The van der Waals surface area contributed by atoms with Crippen molar-refractivity contribution in [3.63, 3.8) is 0 Å². The Bertz CT molecular complexity index is 1170. The molecule has 31 heavy (non-hydrogen) atoms. The van der Waals surface area contributed by atoms with Gasteiger partial charge >= 0.3 is 0 Å². The summed E-state index contributed by atoms with van der Waals surface area (Å²) in [6, 6.07) is 22.8. The lowest BCUT2D eigenvalue weighted by molar-refractivity contribution is 0.102. The van der Waals surface area contributed by atoms with Gasteiger partial charge in [-0.15, -0.1) is 10.2 Å². The molecule has 1 aromatic heterocycles. The van der Waals surface area contributed by atoms with Crippen molar-refractivity contribution >= 4 is 33.2 Å². The topological polar surface area (TPSA) is 80.0 Å². The van der Waals surface area contributed by atoms with E-state index < -0.39 is 0 Å². The zero-order valence-electron chi connectivity index (χ0n) is 16.9. The molecule has 4 rings (SSSR count). The minimum atomic E-state index is -0.187. The molecular weight excluding hydrogens is 456 g/mol. The Morgan fingerprint density at radius 1 is 0.968 bits per heavy atom. The molecule has 0 bridgehead atoms. The van der Waals surface area contributed by atoms with Gasteiger partial charge in [-0.2, -0.15) is 0 Å². The maximum Gasteiger partial charge on any atom is 0.257 e. The summed E-state index contributed by atoms with van der Waals surface area (Å²) in [5.74, 6) is 0.697. The Balaban J connectivity index is 1.44. The fraction of sp³-hybridized carbons (Fsp3) is 0.125. The molecule has 1 amide bonds. The molecule has 3 aromatic carbocycles. The van der Waals surface area contributed by atoms with Gasteiger partial charge in [0.05, 0.1) is 12.1 Å². The van der Waals surface area contributed by atoms with E-state index in [1.807, 2.05) is 66.7 Å². The first-order valence-electron chi connectivity index (χ1n) is 9.94. The Hall–Kier alpha value is -3.45. The van der Waals surface area contributed by atoms with E-state index >= 15 is 0 Å². The molecule has 2 N–H and O–H groups in total. The molecule has 0 spiro atoms. The smallest absolute Gasteiger partial charge is 0.257 e. The summed E-state index contributed by atoms with van der Waals surface area (Å²) in [6.45, 7) is 2.40. The normalized spacial score (nSPS) is 10.6. The maximum absolute atomic E-state index is 12.8. The molecule has 156 valence electrons. The Morgan fingerprint density at radius 2 is 1.71 bits per heavy atom. The number of halogens is 1. The average Bonchev–Trinajstić information content (AvgIpc) is 3.28. The lowest BCUT2D eigenvalue weighted by atomic mass is 10.1. The van der Waals surface area contributed by atoms with Crippen LogP contribution in [-0.2, 0) is 13.0 Å². The van der Waals surface area contributed by atoms with Crippen LogP contribution in [0.5, 0.6) is 0 Å². The van der Waals surface area contributed by atoms with Crippen LogP contribution in [0, 0.1) is 0 Å². The maximum atomic E-state index is 12.8. The molecule has 4 aromatic rings. The molecule has 0 radical (unpaired) electrons. The number of aryl methyl sites for hydroxylation is 1. The van der Waals surface area contributed by atoms with E-state index in [4.69, 9.17) is 4.42 Å². The predicted octanol–water partition coefficient (Wildman–Crippen LogP) is 5.93. The average molecular weight is 477 g/mol. The van der Waals surface area contributed by atoms with Gasteiger partial charge in [0.1, 0.15) is 0 Å². The van der Waals surface area contributed by atoms with Gasteiger partial charge < -0.3 is 15.1 Å². The summed E-state index contributed by atoms with van der Waals surface area (Å²) in [6.07, 6.45) is 0.959. The van der Waals surface area contributed by atoms with Gasteiger partial charge in [-0.25, -0.2) is 0 Å². The number of carbonyl (C=O) groups is 1. The number of aromatic nitrogens is 2. The van der Waals surface area contributed by atoms with Crippen LogP contribution in [0.2, 0.25) is 0 Å². The van der Waals surface area contributed by atoms with E-state index in [-0.39, 0.29) is 5.91 Å². The fourth-order valence-corrected chi connectivity index (χ4v) is 3.33. The largest absolute Gasteiger partial charge is 0.419 e. The molecule has 0 aliphatic rings. The second-order valence-electron chi connectivity index (χ2n) is 6.91. The van der Waals surface area contributed by atoms with Crippen LogP contribution >= 0.6 is 15.9 Å². The van der Waals surface area contributed by atoms with Crippen molar-refractivity contribution in [3.05, 3.63) is 94.3 Å². The van der Waals surface area contributed by atoms with Gasteiger partial charge in [0.2, 0.25) is 11.8 Å². The zero-order valence-corrected chi connectivity index (χ0v) is 18.5. The summed E-state index contributed by atoms with van der Waals surface area (Å²) in [7, 11) is 0. The van der Waals surface area contributed by atoms with Crippen LogP contribution in [0.25, 0.3) is 11.5 Å². The molecule has 0 atom stereocenters. The number of nitrogens with zero attached hydrogens (tertiary/aromatic N) is 2.